The lowest BCUT2D eigenvalue weighted by molar-refractivity contribution is -0.139. The number of amides is 2. The van der Waals surface area contributed by atoms with Gasteiger partial charge >= 0.3 is 11.8 Å². The lowest BCUT2D eigenvalue weighted by atomic mass is 10.0. The number of halogens is 1. The highest BCUT2D eigenvalue weighted by atomic mass is 19.1. The van der Waals surface area contributed by atoms with Crippen LogP contribution in [0.3, 0.4) is 0 Å². The Morgan fingerprint density at radius 2 is 1.59 bits per heavy atom. The monoisotopic (exact) mass is 442 g/mol. The predicted molar refractivity (Wildman–Crippen MR) is 121 cm³/mol. The Labute approximate surface area is 188 Å². The van der Waals surface area contributed by atoms with Crippen LogP contribution >= 0.6 is 0 Å². The third-order valence-electron chi connectivity index (χ3n) is 5.75. The average molecular weight is 443 g/mol. The second-order valence-electron chi connectivity index (χ2n) is 7.97. The summed E-state index contributed by atoms with van der Waals surface area (Å²) in [6.07, 6.45) is 0.523. The highest BCUT2D eigenvalue weighted by molar-refractivity contribution is 6.35. The maximum atomic E-state index is 13.0. The minimum Gasteiger partial charge on any atom is -0.497 e. The number of piperazine rings is 1. The first-order valence-corrected chi connectivity index (χ1v) is 10.8. The van der Waals surface area contributed by atoms with E-state index in [9.17, 15) is 14.0 Å². The summed E-state index contributed by atoms with van der Waals surface area (Å²) < 4.78 is 18.2. The lowest BCUT2D eigenvalue weighted by Gasteiger charge is -2.38. The lowest BCUT2D eigenvalue weighted by Crippen LogP contribution is -2.49. The van der Waals surface area contributed by atoms with Crippen molar-refractivity contribution in [2.24, 2.45) is 0 Å². The van der Waals surface area contributed by atoms with Crippen molar-refractivity contribution < 1.29 is 18.7 Å². The van der Waals surface area contributed by atoms with Crippen molar-refractivity contribution in [2.45, 2.75) is 12.5 Å². The van der Waals surface area contributed by atoms with Crippen LogP contribution < -0.4 is 15.4 Å². The van der Waals surface area contributed by atoms with Gasteiger partial charge in [-0.1, -0.05) is 24.3 Å². The summed E-state index contributed by atoms with van der Waals surface area (Å²) in [6.45, 7) is 4.30. The number of ether oxygens (including phenoxy) is 1. The third kappa shape index (κ3) is 6.77. The standard InChI is InChI=1S/C24H31FN4O3/c1-28-13-15-29(16-14-28)22(19-5-9-21(32-2)10-6-19)17-27-24(31)23(30)26-12-11-18-3-7-20(25)8-4-18/h3-10,22H,11-17H2,1-2H3,(H,26,30)(H,27,31). The molecule has 7 nitrogen and oxygen atoms in total. The Kier molecular flexibility index (Phi) is 8.58. The van der Waals surface area contributed by atoms with Crippen molar-refractivity contribution in [3.05, 3.63) is 65.5 Å². The second-order valence-corrected chi connectivity index (χ2v) is 7.97. The normalized spacial score (nSPS) is 15.7. The molecule has 1 fully saturated rings. The van der Waals surface area contributed by atoms with Crippen LogP contribution in [0.5, 0.6) is 5.75 Å². The predicted octanol–water partition coefficient (Wildman–Crippen LogP) is 1.60. The molecule has 1 heterocycles. The number of methoxy groups -OCH3 is 1. The van der Waals surface area contributed by atoms with Gasteiger partial charge in [0.1, 0.15) is 11.6 Å². The summed E-state index contributed by atoms with van der Waals surface area (Å²) in [5, 5.41) is 5.42. The van der Waals surface area contributed by atoms with Crippen LogP contribution in [0.2, 0.25) is 0 Å². The molecule has 0 spiro atoms. The number of hydrogen-bond donors (Lipinski definition) is 2. The maximum absolute atomic E-state index is 13.0. The van der Waals surface area contributed by atoms with Gasteiger partial charge in [0.15, 0.2) is 0 Å². The number of benzene rings is 2. The minimum absolute atomic E-state index is 0.0365. The number of nitrogens with zero attached hydrogens (tertiary/aromatic N) is 2. The van der Waals surface area contributed by atoms with Gasteiger partial charge in [0.25, 0.3) is 0 Å². The Bertz CT molecular complexity index is 881. The van der Waals surface area contributed by atoms with E-state index in [2.05, 4.69) is 27.5 Å². The molecule has 0 bridgehead atoms. The smallest absolute Gasteiger partial charge is 0.309 e. The summed E-state index contributed by atoms with van der Waals surface area (Å²) in [5.41, 5.74) is 1.95. The van der Waals surface area contributed by atoms with Crippen LogP contribution in [0.15, 0.2) is 48.5 Å². The van der Waals surface area contributed by atoms with Crippen molar-refractivity contribution in [1.82, 2.24) is 20.4 Å². The Balaban J connectivity index is 1.54. The number of likely N-dealkylation sites (N-methyl/N-ethyl adjacent to an activating group) is 1. The van der Waals surface area contributed by atoms with E-state index in [0.717, 1.165) is 43.1 Å². The molecular formula is C24H31FN4O3. The van der Waals surface area contributed by atoms with E-state index >= 15 is 0 Å². The van der Waals surface area contributed by atoms with Crippen LogP contribution in [-0.4, -0.2) is 75.0 Å². The van der Waals surface area contributed by atoms with Crippen molar-refractivity contribution in [2.75, 3.05) is 53.4 Å². The van der Waals surface area contributed by atoms with E-state index < -0.39 is 11.8 Å². The van der Waals surface area contributed by atoms with Crippen LogP contribution in [0.1, 0.15) is 17.2 Å². The summed E-state index contributed by atoms with van der Waals surface area (Å²) in [4.78, 5) is 29.2. The van der Waals surface area contributed by atoms with E-state index in [4.69, 9.17) is 4.74 Å². The third-order valence-corrected chi connectivity index (χ3v) is 5.75. The molecule has 0 aromatic heterocycles. The SMILES string of the molecule is COc1ccc(C(CNC(=O)C(=O)NCCc2ccc(F)cc2)N2CCN(C)CC2)cc1. The van der Waals surface area contributed by atoms with Gasteiger partial charge in [-0.2, -0.15) is 0 Å². The quantitative estimate of drug-likeness (QED) is 0.608. The molecule has 8 heteroatoms. The van der Waals surface area contributed by atoms with Crippen LogP contribution in [0.4, 0.5) is 4.39 Å². The number of carbonyl (C=O) groups is 2. The Hall–Kier alpha value is -2.97. The zero-order valence-corrected chi connectivity index (χ0v) is 18.6. The van der Waals surface area contributed by atoms with Gasteiger partial charge in [0.05, 0.1) is 13.2 Å². The van der Waals surface area contributed by atoms with E-state index in [0.29, 0.717) is 19.5 Å². The molecule has 2 aromatic carbocycles. The average Bonchev–Trinajstić information content (AvgIpc) is 2.81. The van der Waals surface area contributed by atoms with Crippen LogP contribution in [0.25, 0.3) is 0 Å². The van der Waals surface area contributed by atoms with Crippen molar-refractivity contribution in [1.29, 1.82) is 0 Å². The highest BCUT2D eigenvalue weighted by Gasteiger charge is 2.25. The topological polar surface area (TPSA) is 73.9 Å². The van der Waals surface area contributed by atoms with Crippen molar-refractivity contribution in [3.8, 4) is 5.75 Å². The summed E-state index contributed by atoms with van der Waals surface area (Å²) in [5.74, 6) is -0.852. The summed E-state index contributed by atoms with van der Waals surface area (Å²) in [6, 6.07) is 13.8. The molecule has 2 aromatic rings. The number of hydrogen-bond acceptors (Lipinski definition) is 5. The maximum Gasteiger partial charge on any atom is 0.309 e. The second kappa shape index (κ2) is 11.6. The summed E-state index contributed by atoms with van der Waals surface area (Å²) >= 11 is 0. The molecule has 2 amide bonds. The fraction of sp³-hybridized carbons (Fsp3) is 0.417. The Morgan fingerprint density at radius 3 is 2.22 bits per heavy atom. The first-order valence-electron chi connectivity index (χ1n) is 10.8. The minimum atomic E-state index is -0.668. The molecule has 3 rings (SSSR count). The molecule has 1 unspecified atom stereocenters. The van der Waals surface area contributed by atoms with E-state index in [1.807, 2.05) is 24.3 Å². The van der Waals surface area contributed by atoms with E-state index in [1.54, 1.807) is 19.2 Å². The highest BCUT2D eigenvalue weighted by Crippen LogP contribution is 2.23. The van der Waals surface area contributed by atoms with Crippen LogP contribution in [0, 0.1) is 5.82 Å². The van der Waals surface area contributed by atoms with Gasteiger partial charge in [-0.3, -0.25) is 14.5 Å². The molecule has 1 aliphatic heterocycles. The van der Waals surface area contributed by atoms with Crippen molar-refractivity contribution >= 4 is 11.8 Å². The van der Waals surface area contributed by atoms with Crippen LogP contribution in [-0.2, 0) is 16.0 Å². The first-order chi connectivity index (χ1) is 15.5. The molecule has 0 saturated carbocycles. The number of carbonyl (C=O) groups excluding carboxylic acids is 2. The van der Waals surface area contributed by atoms with Gasteiger partial charge in [-0.25, -0.2) is 4.39 Å². The molecule has 1 aliphatic rings. The van der Waals surface area contributed by atoms with E-state index in [1.165, 1.54) is 12.1 Å². The Morgan fingerprint density at radius 1 is 0.969 bits per heavy atom. The molecule has 1 saturated heterocycles. The van der Waals surface area contributed by atoms with Crippen molar-refractivity contribution in [3.63, 3.8) is 0 Å². The molecule has 32 heavy (non-hydrogen) atoms. The van der Waals surface area contributed by atoms with Gasteiger partial charge in [-0.05, 0) is 48.9 Å². The molecular weight excluding hydrogens is 411 g/mol. The largest absolute Gasteiger partial charge is 0.497 e. The number of nitrogens with one attached hydrogen (secondary N) is 2. The molecule has 1 atom stereocenters. The molecule has 0 radical (unpaired) electrons. The zero-order valence-electron chi connectivity index (χ0n) is 18.6. The molecule has 2 N–H and O–H groups in total. The summed E-state index contributed by atoms with van der Waals surface area (Å²) in [7, 11) is 3.72. The molecule has 172 valence electrons. The van der Waals surface area contributed by atoms with Gasteiger partial charge in [0.2, 0.25) is 0 Å². The fourth-order valence-corrected chi connectivity index (χ4v) is 3.74. The fourth-order valence-electron chi connectivity index (χ4n) is 3.74. The van der Waals surface area contributed by atoms with Gasteiger partial charge < -0.3 is 20.3 Å². The van der Waals surface area contributed by atoms with Gasteiger partial charge in [0, 0.05) is 39.3 Å². The first kappa shape index (κ1) is 23.7. The number of rotatable bonds is 8. The zero-order chi connectivity index (χ0) is 22.9. The van der Waals surface area contributed by atoms with E-state index in [-0.39, 0.29) is 11.9 Å². The molecule has 0 aliphatic carbocycles. The van der Waals surface area contributed by atoms with Gasteiger partial charge in [-0.15, -0.1) is 0 Å².